The Bertz CT molecular complexity index is 455. The average molecular weight is 262 g/mol. The van der Waals surface area contributed by atoms with Crippen LogP contribution in [0.25, 0.3) is 0 Å². The van der Waals surface area contributed by atoms with Gasteiger partial charge >= 0.3 is 0 Å². The van der Waals surface area contributed by atoms with Gasteiger partial charge < -0.3 is 15.4 Å². The third-order valence-corrected chi connectivity index (χ3v) is 3.31. The zero-order chi connectivity index (χ0) is 13.8. The van der Waals surface area contributed by atoms with E-state index in [1.54, 1.807) is 7.11 Å². The number of anilines is 2. The van der Waals surface area contributed by atoms with Crippen molar-refractivity contribution in [1.29, 1.82) is 0 Å². The van der Waals surface area contributed by atoms with Crippen LogP contribution in [0.5, 0.6) is 5.75 Å². The van der Waals surface area contributed by atoms with Crippen LogP contribution in [0.4, 0.5) is 11.4 Å². The Morgan fingerprint density at radius 3 is 2.79 bits per heavy atom. The molecule has 1 atom stereocenters. The summed E-state index contributed by atoms with van der Waals surface area (Å²) < 4.78 is 5.31. The van der Waals surface area contributed by atoms with E-state index in [0.717, 1.165) is 11.6 Å². The van der Waals surface area contributed by atoms with Gasteiger partial charge in [0.25, 0.3) is 0 Å². The first-order valence-electron chi connectivity index (χ1n) is 6.80. The number of ether oxygens (including phenoxy) is 1. The number of hydrogen-bond acceptors (Lipinski definition) is 3. The van der Waals surface area contributed by atoms with Gasteiger partial charge in [-0.25, -0.2) is 0 Å². The van der Waals surface area contributed by atoms with Gasteiger partial charge in [0.15, 0.2) is 0 Å². The maximum absolute atomic E-state index is 11.1. The van der Waals surface area contributed by atoms with Crippen molar-refractivity contribution in [2.45, 2.75) is 39.2 Å². The van der Waals surface area contributed by atoms with Crippen LogP contribution in [-0.2, 0) is 4.79 Å². The average Bonchev–Trinajstić information content (AvgIpc) is 3.14. The van der Waals surface area contributed by atoms with Crippen molar-refractivity contribution >= 4 is 17.3 Å². The summed E-state index contributed by atoms with van der Waals surface area (Å²) in [5.74, 6) is 1.49. The second-order valence-electron chi connectivity index (χ2n) is 5.32. The van der Waals surface area contributed by atoms with E-state index in [1.807, 2.05) is 18.2 Å². The molecule has 0 aliphatic heterocycles. The largest absolute Gasteiger partial charge is 0.494 e. The third-order valence-electron chi connectivity index (χ3n) is 3.31. The molecule has 0 bridgehead atoms. The predicted octanol–water partition coefficient (Wildman–Crippen LogP) is 3.25. The van der Waals surface area contributed by atoms with Crippen molar-refractivity contribution in [3.63, 3.8) is 0 Å². The molecule has 0 radical (unpaired) electrons. The summed E-state index contributed by atoms with van der Waals surface area (Å²) in [6.07, 6.45) is 3.96. The Labute approximate surface area is 114 Å². The molecule has 0 heterocycles. The summed E-state index contributed by atoms with van der Waals surface area (Å²) in [5, 5.41) is 6.23. The second-order valence-corrected chi connectivity index (χ2v) is 5.32. The summed E-state index contributed by atoms with van der Waals surface area (Å²) in [6.45, 7) is 3.69. The number of carbonyl (C=O) groups excluding carboxylic acids is 1. The smallest absolute Gasteiger partial charge is 0.221 e. The van der Waals surface area contributed by atoms with Crippen LogP contribution in [0.2, 0.25) is 0 Å². The maximum atomic E-state index is 11.1. The first-order chi connectivity index (χ1) is 9.08. The Balaban J connectivity index is 2.02. The van der Waals surface area contributed by atoms with Crippen LogP contribution in [0.1, 0.15) is 33.1 Å². The van der Waals surface area contributed by atoms with Gasteiger partial charge in [0.1, 0.15) is 5.75 Å². The molecule has 1 aliphatic carbocycles. The standard InChI is InChI=1S/C15H22N2O2/c1-10(8-12-4-5-12)16-13-6-7-14(17-11(2)18)15(9-13)19-3/h6-7,9-10,12,16H,4-5,8H2,1-3H3,(H,17,18). The summed E-state index contributed by atoms with van der Waals surface area (Å²) >= 11 is 0. The molecular weight excluding hydrogens is 240 g/mol. The summed E-state index contributed by atoms with van der Waals surface area (Å²) in [4.78, 5) is 11.1. The van der Waals surface area contributed by atoms with Crippen molar-refractivity contribution in [2.24, 2.45) is 5.92 Å². The highest BCUT2D eigenvalue weighted by Crippen LogP contribution is 2.34. The second kappa shape index (κ2) is 5.95. The minimum absolute atomic E-state index is 0.0962. The molecule has 1 aliphatic rings. The zero-order valence-electron chi connectivity index (χ0n) is 11.8. The fraction of sp³-hybridized carbons (Fsp3) is 0.533. The molecule has 0 spiro atoms. The topological polar surface area (TPSA) is 50.4 Å². The lowest BCUT2D eigenvalue weighted by molar-refractivity contribution is -0.114. The molecule has 104 valence electrons. The van der Waals surface area contributed by atoms with Crippen LogP contribution in [0, 0.1) is 5.92 Å². The molecule has 1 amide bonds. The highest BCUT2D eigenvalue weighted by molar-refractivity contribution is 5.90. The minimum atomic E-state index is -0.0962. The number of hydrogen-bond donors (Lipinski definition) is 2. The van der Waals surface area contributed by atoms with Crippen molar-refractivity contribution < 1.29 is 9.53 Å². The van der Waals surface area contributed by atoms with E-state index in [2.05, 4.69) is 17.6 Å². The van der Waals surface area contributed by atoms with E-state index < -0.39 is 0 Å². The lowest BCUT2D eigenvalue weighted by Crippen LogP contribution is -2.16. The maximum Gasteiger partial charge on any atom is 0.221 e. The number of nitrogens with one attached hydrogen (secondary N) is 2. The van der Waals surface area contributed by atoms with Gasteiger partial charge in [0, 0.05) is 24.7 Å². The molecule has 1 aromatic carbocycles. The molecule has 1 saturated carbocycles. The van der Waals surface area contributed by atoms with E-state index in [4.69, 9.17) is 4.74 Å². The Morgan fingerprint density at radius 1 is 1.47 bits per heavy atom. The molecule has 1 aromatic rings. The van der Waals surface area contributed by atoms with E-state index in [0.29, 0.717) is 17.5 Å². The van der Waals surface area contributed by atoms with Crippen LogP contribution in [-0.4, -0.2) is 19.1 Å². The molecular formula is C15H22N2O2. The summed E-state index contributed by atoms with van der Waals surface area (Å²) in [7, 11) is 1.61. The lowest BCUT2D eigenvalue weighted by Gasteiger charge is -2.17. The van der Waals surface area contributed by atoms with E-state index >= 15 is 0 Å². The van der Waals surface area contributed by atoms with Gasteiger partial charge in [-0.1, -0.05) is 12.8 Å². The number of methoxy groups -OCH3 is 1. The van der Waals surface area contributed by atoms with Crippen LogP contribution in [0.15, 0.2) is 18.2 Å². The fourth-order valence-electron chi connectivity index (χ4n) is 2.27. The Morgan fingerprint density at radius 2 is 2.21 bits per heavy atom. The van der Waals surface area contributed by atoms with Crippen LogP contribution in [0.3, 0.4) is 0 Å². The first kappa shape index (κ1) is 13.7. The monoisotopic (exact) mass is 262 g/mol. The van der Waals surface area contributed by atoms with Gasteiger partial charge in [0.05, 0.1) is 12.8 Å². The SMILES string of the molecule is COc1cc(NC(C)CC2CC2)ccc1NC(C)=O. The van der Waals surface area contributed by atoms with Crippen LogP contribution < -0.4 is 15.4 Å². The van der Waals surface area contributed by atoms with Gasteiger partial charge in [-0.15, -0.1) is 0 Å². The van der Waals surface area contributed by atoms with Gasteiger partial charge in [-0.2, -0.15) is 0 Å². The first-order valence-corrected chi connectivity index (χ1v) is 6.80. The summed E-state index contributed by atoms with van der Waals surface area (Å²) in [6, 6.07) is 6.22. The van der Waals surface area contributed by atoms with E-state index in [9.17, 15) is 4.79 Å². The Kier molecular flexibility index (Phi) is 4.30. The highest BCUT2D eigenvalue weighted by atomic mass is 16.5. The molecule has 4 heteroatoms. The van der Waals surface area contributed by atoms with E-state index in [1.165, 1.54) is 26.2 Å². The molecule has 1 fully saturated rings. The minimum Gasteiger partial charge on any atom is -0.494 e. The highest BCUT2D eigenvalue weighted by Gasteiger charge is 2.23. The molecule has 4 nitrogen and oxygen atoms in total. The summed E-state index contributed by atoms with van der Waals surface area (Å²) in [5.41, 5.74) is 1.73. The normalized spacial score (nSPS) is 15.7. The number of rotatable bonds is 6. The third kappa shape index (κ3) is 4.16. The molecule has 0 saturated heterocycles. The molecule has 0 aromatic heterocycles. The van der Waals surface area contributed by atoms with Gasteiger partial charge in [-0.05, 0) is 31.4 Å². The Hall–Kier alpha value is -1.71. The number of amides is 1. The van der Waals surface area contributed by atoms with Gasteiger partial charge in [0.2, 0.25) is 5.91 Å². The van der Waals surface area contributed by atoms with Crippen molar-refractivity contribution in [3.05, 3.63) is 18.2 Å². The fourth-order valence-corrected chi connectivity index (χ4v) is 2.27. The molecule has 2 rings (SSSR count). The predicted molar refractivity (Wildman–Crippen MR) is 77.7 cm³/mol. The molecule has 19 heavy (non-hydrogen) atoms. The lowest BCUT2D eigenvalue weighted by atomic mass is 10.1. The van der Waals surface area contributed by atoms with Gasteiger partial charge in [-0.3, -0.25) is 4.79 Å². The number of benzene rings is 1. The van der Waals surface area contributed by atoms with Crippen molar-refractivity contribution in [2.75, 3.05) is 17.7 Å². The molecule has 2 N–H and O–H groups in total. The number of carbonyl (C=O) groups is 1. The molecule has 1 unspecified atom stereocenters. The van der Waals surface area contributed by atoms with Crippen LogP contribution >= 0.6 is 0 Å². The van der Waals surface area contributed by atoms with Crippen molar-refractivity contribution in [3.8, 4) is 5.75 Å². The van der Waals surface area contributed by atoms with E-state index in [-0.39, 0.29) is 5.91 Å². The zero-order valence-corrected chi connectivity index (χ0v) is 11.8. The quantitative estimate of drug-likeness (QED) is 0.827. The van der Waals surface area contributed by atoms with Crippen molar-refractivity contribution in [1.82, 2.24) is 0 Å².